The summed E-state index contributed by atoms with van der Waals surface area (Å²) in [4.78, 5) is 12.1. The summed E-state index contributed by atoms with van der Waals surface area (Å²) in [7, 11) is 1.91. The van der Waals surface area contributed by atoms with Crippen LogP contribution in [-0.2, 0) is 23.0 Å². The molecule has 4 nitrogen and oxygen atoms in total. The van der Waals surface area contributed by atoms with E-state index in [1.165, 1.54) is 0 Å². The van der Waals surface area contributed by atoms with E-state index in [1.54, 1.807) is 6.20 Å². The lowest BCUT2D eigenvalue weighted by atomic mass is 9.92. The summed E-state index contributed by atoms with van der Waals surface area (Å²) in [5, 5.41) is 4.10. The van der Waals surface area contributed by atoms with Gasteiger partial charge in [0.05, 0.1) is 6.10 Å². The smallest absolute Gasteiger partial charge is 0.139 e. The largest absolute Gasteiger partial charge is 0.377 e. The Morgan fingerprint density at radius 1 is 1.65 bits per heavy atom. The SMILES string of the molecule is CCC1OCCC1C(=O)CCc1ccnn1C. The molecule has 1 aromatic rings. The molecule has 2 atom stereocenters. The molecule has 1 aliphatic rings. The van der Waals surface area contributed by atoms with Crippen molar-refractivity contribution in [2.24, 2.45) is 13.0 Å². The Morgan fingerprint density at radius 2 is 2.47 bits per heavy atom. The van der Waals surface area contributed by atoms with E-state index in [4.69, 9.17) is 4.74 Å². The molecule has 1 saturated heterocycles. The summed E-state index contributed by atoms with van der Waals surface area (Å²) in [6.07, 6.45) is 5.12. The first-order valence-electron chi connectivity index (χ1n) is 6.33. The van der Waals surface area contributed by atoms with Crippen LogP contribution in [0.5, 0.6) is 0 Å². The van der Waals surface area contributed by atoms with E-state index in [2.05, 4.69) is 12.0 Å². The molecule has 2 rings (SSSR count). The van der Waals surface area contributed by atoms with Crippen LogP contribution in [0.25, 0.3) is 0 Å². The van der Waals surface area contributed by atoms with Crippen molar-refractivity contribution in [3.8, 4) is 0 Å². The number of aryl methyl sites for hydroxylation is 2. The molecule has 0 amide bonds. The predicted octanol–water partition coefficient (Wildman–Crippen LogP) is 1.74. The van der Waals surface area contributed by atoms with Gasteiger partial charge in [0.2, 0.25) is 0 Å². The highest BCUT2D eigenvalue weighted by Gasteiger charge is 2.32. The van der Waals surface area contributed by atoms with E-state index in [1.807, 2.05) is 17.8 Å². The molecule has 0 spiro atoms. The van der Waals surface area contributed by atoms with Crippen LogP contribution >= 0.6 is 0 Å². The minimum atomic E-state index is 0.119. The average molecular weight is 236 g/mol. The van der Waals surface area contributed by atoms with Crippen LogP contribution in [0.4, 0.5) is 0 Å². The van der Waals surface area contributed by atoms with Crippen LogP contribution in [0, 0.1) is 5.92 Å². The Balaban J connectivity index is 1.87. The second-order valence-electron chi connectivity index (χ2n) is 4.63. The van der Waals surface area contributed by atoms with Gasteiger partial charge in [-0.1, -0.05) is 6.92 Å². The lowest BCUT2D eigenvalue weighted by Gasteiger charge is -2.15. The molecule has 0 bridgehead atoms. The van der Waals surface area contributed by atoms with E-state index >= 15 is 0 Å². The van der Waals surface area contributed by atoms with Gasteiger partial charge in [0, 0.05) is 37.9 Å². The quantitative estimate of drug-likeness (QED) is 0.782. The van der Waals surface area contributed by atoms with Crippen molar-refractivity contribution in [1.29, 1.82) is 0 Å². The average Bonchev–Trinajstić information content (AvgIpc) is 2.94. The molecular formula is C13H20N2O2. The van der Waals surface area contributed by atoms with Gasteiger partial charge in [-0.3, -0.25) is 9.48 Å². The number of hydrogen-bond donors (Lipinski definition) is 0. The molecule has 17 heavy (non-hydrogen) atoms. The van der Waals surface area contributed by atoms with E-state index in [0.29, 0.717) is 12.2 Å². The highest BCUT2D eigenvalue weighted by molar-refractivity contribution is 5.82. The lowest BCUT2D eigenvalue weighted by molar-refractivity contribution is -0.124. The third-order valence-electron chi connectivity index (χ3n) is 3.58. The molecule has 1 fully saturated rings. The zero-order valence-electron chi connectivity index (χ0n) is 10.6. The van der Waals surface area contributed by atoms with Gasteiger partial charge in [-0.05, 0) is 25.3 Å². The number of aromatic nitrogens is 2. The number of ketones is 1. The second-order valence-corrected chi connectivity index (χ2v) is 4.63. The zero-order chi connectivity index (χ0) is 12.3. The monoisotopic (exact) mass is 236 g/mol. The fraction of sp³-hybridized carbons (Fsp3) is 0.692. The summed E-state index contributed by atoms with van der Waals surface area (Å²) >= 11 is 0. The fourth-order valence-corrected chi connectivity index (χ4v) is 2.50. The van der Waals surface area contributed by atoms with Crippen molar-refractivity contribution >= 4 is 5.78 Å². The minimum absolute atomic E-state index is 0.119. The molecule has 0 aromatic carbocycles. The molecule has 94 valence electrons. The van der Waals surface area contributed by atoms with Crippen LogP contribution in [-0.4, -0.2) is 28.3 Å². The Hall–Kier alpha value is -1.16. The van der Waals surface area contributed by atoms with E-state index < -0.39 is 0 Å². The standard InChI is InChI=1S/C13H20N2O2/c1-3-13-11(7-9-17-13)12(16)5-4-10-6-8-14-15(10)2/h6,8,11,13H,3-5,7,9H2,1-2H3. The number of Topliss-reactive ketones (excluding diaryl/α,β-unsaturated/α-hetero) is 1. The highest BCUT2D eigenvalue weighted by Crippen LogP contribution is 2.25. The maximum Gasteiger partial charge on any atom is 0.139 e. The number of carbonyl (C=O) groups is 1. The van der Waals surface area contributed by atoms with Crippen molar-refractivity contribution in [2.75, 3.05) is 6.61 Å². The normalized spacial score (nSPS) is 24.1. The Bertz CT molecular complexity index is 387. The Labute approximate surface area is 102 Å². The van der Waals surface area contributed by atoms with Crippen LogP contribution in [0.3, 0.4) is 0 Å². The molecule has 4 heteroatoms. The summed E-state index contributed by atoms with van der Waals surface area (Å²) < 4.78 is 7.39. The molecule has 1 aromatic heterocycles. The summed E-state index contributed by atoms with van der Waals surface area (Å²) in [5.74, 6) is 0.462. The first-order chi connectivity index (χ1) is 8.22. The maximum absolute atomic E-state index is 12.1. The predicted molar refractivity (Wildman–Crippen MR) is 64.7 cm³/mol. The van der Waals surface area contributed by atoms with Gasteiger partial charge >= 0.3 is 0 Å². The van der Waals surface area contributed by atoms with Gasteiger partial charge in [-0.15, -0.1) is 0 Å². The van der Waals surface area contributed by atoms with Gasteiger partial charge in [0.15, 0.2) is 0 Å². The molecule has 0 aliphatic carbocycles. The third kappa shape index (κ3) is 2.75. The number of carbonyl (C=O) groups excluding carboxylic acids is 1. The Morgan fingerprint density at radius 3 is 3.12 bits per heavy atom. The number of rotatable bonds is 5. The van der Waals surface area contributed by atoms with E-state index in [0.717, 1.165) is 31.6 Å². The van der Waals surface area contributed by atoms with Gasteiger partial charge in [0.1, 0.15) is 5.78 Å². The first kappa shape index (κ1) is 12.3. The molecule has 0 N–H and O–H groups in total. The maximum atomic E-state index is 12.1. The van der Waals surface area contributed by atoms with Crippen molar-refractivity contribution in [2.45, 2.75) is 38.7 Å². The summed E-state index contributed by atoms with van der Waals surface area (Å²) in [6, 6.07) is 1.97. The van der Waals surface area contributed by atoms with Crippen molar-refractivity contribution < 1.29 is 9.53 Å². The van der Waals surface area contributed by atoms with Crippen molar-refractivity contribution in [3.63, 3.8) is 0 Å². The van der Waals surface area contributed by atoms with Gasteiger partial charge in [-0.2, -0.15) is 5.10 Å². The third-order valence-corrected chi connectivity index (χ3v) is 3.58. The van der Waals surface area contributed by atoms with Crippen LogP contribution in [0.15, 0.2) is 12.3 Å². The van der Waals surface area contributed by atoms with Crippen LogP contribution in [0.1, 0.15) is 31.9 Å². The molecule has 1 aliphatic heterocycles. The lowest BCUT2D eigenvalue weighted by Crippen LogP contribution is -2.24. The fourth-order valence-electron chi connectivity index (χ4n) is 2.50. The topological polar surface area (TPSA) is 44.1 Å². The van der Waals surface area contributed by atoms with Gasteiger partial charge < -0.3 is 4.74 Å². The van der Waals surface area contributed by atoms with Gasteiger partial charge in [0.25, 0.3) is 0 Å². The Kier molecular flexibility index (Phi) is 3.94. The van der Waals surface area contributed by atoms with Crippen molar-refractivity contribution in [1.82, 2.24) is 9.78 Å². The van der Waals surface area contributed by atoms with E-state index in [-0.39, 0.29) is 12.0 Å². The molecule has 0 radical (unpaired) electrons. The van der Waals surface area contributed by atoms with E-state index in [9.17, 15) is 4.79 Å². The molecular weight excluding hydrogens is 216 g/mol. The zero-order valence-corrected chi connectivity index (χ0v) is 10.6. The molecule has 0 saturated carbocycles. The summed E-state index contributed by atoms with van der Waals surface area (Å²) in [6.45, 7) is 2.82. The number of ether oxygens (including phenoxy) is 1. The number of hydrogen-bond acceptors (Lipinski definition) is 3. The van der Waals surface area contributed by atoms with Crippen LogP contribution < -0.4 is 0 Å². The van der Waals surface area contributed by atoms with Crippen LogP contribution in [0.2, 0.25) is 0 Å². The highest BCUT2D eigenvalue weighted by atomic mass is 16.5. The second kappa shape index (κ2) is 5.45. The number of nitrogens with zero attached hydrogens (tertiary/aromatic N) is 2. The van der Waals surface area contributed by atoms with Crippen molar-refractivity contribution in [3.05, 3.63) is 18.0 Å². The minimum Gasteiger partial charge on any atom is -0.377 e. The molecule has 2 unspecified atom stereocenters. The first-order valence-corrected chi connectivity index (χ1v) is 6.33. The summed E-state index contributed by atoms with van der Waals surface area (Å²) in [5.41, 5.74) is 1.12. The molecule has 2 heterocycles. The van der Waals surface area contributed by atoms with Gasteiger partial charge in [-0.25, -0.2) is 0 Å².